The highest BCUT2D eigenvalue weighted by molar-refractivity contribution is 5.78. The van der Waals surface area contributed by atoms with E-state index in [1.165, 1.54) is 0 Å². The lowest BCUT2D eigenvalue weighted by atomic mass is 9.59. The van der Waals surface area contributed by atoms with Gasteiger partial charge in [-0.1, -0.05) is 48.5 Å². The van der Waals surface area contributed by atoms with Crippen molar-refractivity contribution in [2.45, 2.75) is 67.4 Å². The van der Waals surface area contributed by atoms with Crippen molar-refractivity contribution in [3.05, 3.63) is 0 Å². The molecule has 0 aromatic carbocycles. The summed E-state index contributed by atoms with van der Waals surface area (Å²) in [5, 5.41) is 0. The molecule has 19 heavy (non-hydrogen) atoms. The molecule has 2 unspecified atom stereocenters. The largest absolute Gasteiger partial charge is 0.462 e. The minimum Gasteiger partial charge on any atom is -0.462 e. The third-order valence-corrected chi connectivity index (χ3v) is 4.06. The molecule has 0 aliphatic carbocycles. The Morgan fingerprint density at radius 3 is 2.05 bits per heavy atom. The van der Waals surface area contributed by atoms with E-state index in [1.807, 2.05) is 0 Å². The normalized spacial score (nSPS) is 22.8. The minimum atomic E-state index is -0.430. The molecule has 0 N–H and O–H groups in total. The van der Waals surface area contributed by atoms with Gasteiger partial charge in [0.15, 0.2) is 0 Å². The van der Waals surface area contributed by atoms with Gasteiger partial charge in [0.05, 0.1) is 12.0 Å². The van der Waals surface area contributed by atoms with Crippen molar-refractivity contribution in [2.75, 3.05) is 13.2 Å². The summed E-state index contributed by atoms with van der Waals surface area (Å²) in [7, 11) is 0. The zero-order valence-corrected chi connectivity index (χ0v) is 13.6. The van der Waals surface area contributed by atoms with E-state index in [9.17, 15) is 4.79 Å². The third kappa shape index (κ3) is 4.20. The van der Waals surface area contributed by atoms with Crippen LogP contribution in [-0.4, -0.2) is 25.3 Å². The van der Waals surface area contributed by atoms with Crippen molar-refractivity contribution in [1.82, 2.24) is 0 Å². The van der Waals surface area contributed by atoms with Crippen LogP contribution in [0.15, 0.2) is 0 Å². The van der Waals surface area contributed by atoms with Crippen LogP contribution in [0.4, 0.5) is 0 Å². The number of hydrogen-bond donors (Lipinski definition) is 0. The Bertz CT molecular complexity index is 318. The Balaban J connectivity index is 2.90. The minimum absolute atomic E-state index is 0.0621. The van der Waals surface area contributed by atoms with Gasteiger partial charge in [-0.05, 0) is 23.7 Å². The lowest BCUT2D eigenvalue weighted by Crippen LogP contribution is -2.46. The number of epoxide rings is 1. The first kappa shape index (κ1) is 16.5. The van der Waals surface area contributed by atoms with Crippen LogP contribution in [0.1, 0.15) is 61.3 Å². The van der Waals surface area contributed by atoms with Gasteiger partial charge in [-0.3, -0.25) is 4.79 Å². The number of ether oxygens (including phenoxy) is 2. The molecular formula is C16H30O3. The number of esters is 1. The summed E-state index contributed by atoms with van der Waals surface area (Å²) in [6.07, 6.45) is 1.77. The summed E-state index contributed by atoms with van der Waals surface area (Å²) < 4.78 is 10.6. The van der Waals surface area contributed by atoms with E-state index in [0.717, 1.165) is 19.4 Å². The summed E-state index contributed by atoms with van der Waals surface area (Å²) in [5.74, 6) is -0.0621. The SMILES string of the molecule is CCC(CC(C)(C)C)(C(=O)OCC1CO1)C(C)(C)C. The van der Waals surface area contributed by atoms with Crippen molar-refractivity contribution in [3.63, 3.8) is 0 Å². The van der Waals surface area contributed by atoms with Crippen molar-refractivity contribution in [2.24, 2.45) is 16.2 Å². The van der Waals surface area contributed by atoms with Gasteiger partial charge >= 0.3 is 5.97 Å². The maximum atomic E-state index is 12.7. The van der Waals surface area contributed by atoms with Crippen LogP contribution < -0.4 is 0 Å². The Labute approximate surface area is 118 Å². The van der Waals surface area contributed by atoms with E-state index < -0.39 is 5.41 Å². The molecule has 0 aromatic rings. The van der Waals surface area contributed by atoms with Gasteiger partial charge in [-0.15, -0.1) is 0 Å². The summed E-state index contributed by atoms with van der Waals surface area (Å²) in [4.78, 5) is 12.7. The van der Waals surface area contributed by atoms with Crippen molar-refractivity contribution < 1.29 is 14.3 Å². The predicted octanol–water partition coefficient (Wildman–Crippen LogP) is 3.81. The first-order valence-corrected chi connectivity index (χ1v) is 7.31. The van der Waals surface area contributed by atoms with E-state index in [4.69, 9.17) is 9.47 Å². The second-order valence-electron chi connectivity index (χ2n) is 7.98. The highest BCUT2D eigenvalue weighted by Gasteiger charge is 2.50. The van der Waals surface area contributed by atoms with Gasteiger partial charge in [-0.2, -0.15) is 0 Å². The van der Waals surface area contributed by atoms with Gasteiger partial charge in [0.1, 0.15) is 12.7 Å². The molecule has 2 atom stereocenters. The Morgan fingerprint density at radius 1 is 1.21 bits per heavy atom. The van der Waals surface area contributed by atoms with Crippen LogP contribution in [0.5, 0.6) is 0 Å². The molecule has 0 amide bonds. The van der Waals surface area contributed by atoms with E-state index >= 15 is 0 Å². The van der Waals surface area contributed by atoms with Gasteiger partial charge in [0.25, 0.3) is 0 Å². The molecule has 3 heteroatoms. The zero-order valence-electron chi connectivity index (χ0n) is 13.6. The average Bonchev–Trinajstić information content (AvgIpc) is 3.03. The summed E-state index contributed by atoms with van der Waals surface area (Å²) in [6.45, 7) is 16.2. The fourth-order valence-electron chi connectivity index (χ4n) is 2.82. The average molecular weight is 270 g/mol. The second kappa shape index (κ2) is 5.43. The number of carbonyl (C=O) groups is 1. The lowest BCUT2D eigenvalue weighted by molar-refractivity contribution is -0.167. The number of hydrogen-bond acceptors (Lipinski definition) is 3. The fourth-order valence-corrected chi connectivity index (χ4v) is 2.82. The number of rotatable bonds is 5. The van der Waals surface area contributed by atoms with Crippen molar-refractivity contribution >= 4 is 5.97 Å². The molecule has 0 aromatic heterocycles. The smallest absolute Gasteiger partial charge is 0.312 e. The molecule has 1 rings (SSSR count). The van der Waals surface area contributed by atoms with E-state index in [1.54, 1.807) is 0 Å². The monoisotopic (exact) mass is 270 g/mol. The Hall–Kier alpha value is -0.570. The summed E-state index contributed by atoms with van der Waals surface area (Å²) >= 11 is 0. The van der Waals surface area contributed by atoms with Gasteiger partial charge in [0.2, 0.25) is 0 Å². The van der Waals surface area contributed by atoms with Crippen molar-refractivity contribution in [1.29, 1.82) is 0 Å². The highest BCUT2D eigenvalue weighted by atomic mass is 16.6. The maximum Gasteiger partial charge on any atom is 0.312 e. The quantitative estimate of drug-likeness (QED) is 0.563. The van der Waals surface area contributed by atoms with Crippen LogP contribution in [0.2, 0.25) is 0 Å². The van der Waals surface area contributed by atoms with Gasteiger partial charge < -0.3 is 9.47 Å². The van der Waals surface area contributed by atoms with E-state index in [-0.39, 0.29) is 22.9 Å². The zero-order chi connectivity index (χ0) is 14.9. The molecule has 0 bridgehead atoms. The second-order valence-corrected chi connectivity index (χ2v) is 7.98. The first-order chi connectivity index (χ1) is 8.52. The van der Waals surface area contributed by atoms with Crippen LogP contribution in [-0.2, 0) is 14.3 Å². The Kier molecular flexibility index (Phi) is 4.71. The van der Waals surface area contributed by atoms with E-state index in [2.05, 4.69) is 48.5 Å². The lowest BCUT2D eigenvalue weighted by Gasteiger charge is -2.45. The number of carbonyl (C=O) groups excluding carboxylic acids is 1. The molecule has 0 radical (unpaired) electrons. The highest BCUT2D eigenvalue weighted by Crippen LogP contribution is 2.50. The van der Waals surface area contributed by atoms with E-state index in [0.29, 0.717) is 6.61 Å². The fraction of sp³-hybridized carbons (Fsp3) is 0.938. The molecule has 1 aliphatic heterocycles. The van der Waals surface area contributed by atoms with Crippen molar-refractivity contribution in [3.8, 4) is 0 Å². The van der Waals surface area contributed by atoms with Crippen LogP contribution in [0.25, 0.3) is 0 Å². The molecule has 112 valence electrons. The van der Waals surface area contributed by atoms with Crippen LogP contribution in [0, 0.1) is 16.2 Å². The molecule has 0 saturated carbocycles. The topological polar surface area (TPSA) is 38.8 Å². The summed E-state index contributed by atoms with van der Waals surface area (Å²) in [6, 6.07) is 0. The van der Waals surface area contributed by atoms with Crippen LogP contribution in [0.3, 0.4) is 0 Å². The molecule has 1 heterocycles. The third-order valence-electron chi connectivity index (χ3n) is 4.06. The summed E-state index contributed by atoms with van der Waals surface area (Å²) in [5.41, 5.74) is -0.449. The van der Waals surface area contributed by atoms with Gasteiger partial charge in [-0.25, -0.2) is 0 Å². The maximum absolute atomic E-state index is 12.7. The molecule has 1 fully saturated rings. The van der Waals surface area contributed by atoms with Crippen LogP contribution >= 0.6 is 0 Å². The molecule has 1 saturated heterocycles. The molecule has 3 nitrogen and oxygen atoms in total. The Morgan fingerprint density at radius 2 is 1.74 bits per heavy atom. The van der Waals surface area contributed by atoms with Gasteiger partial charge in [0, 0.05) is 0 Å². The molecule has 0 spiro atoms. The predicted molar refractivity (Wildman–Crippen MR) is 77.0 cm³/mol. The first-order valence-electron chi connectivity index (χ1n) is 7.31. The molecular weight excluding hydrogens is 240 g/mol. The standard InChI is InChI=1S/C16H30O3/c1-8-16(15(5,6)7,11-14(2,3)4)13(17)19-10-12-9-18-12/h12H,8-11H2,1-7H3. The molecule has 1 aliphatic rings.